The summed E-state index contributed by atoms with van der Waals surface area (Å²) in [5.41, 5.74) is 6.49. The SMILES string of the molecule is N#Cc1ccc(-c2cnc3ccc(-c4ccc(C(O)N5CCOCC5)cc4)cn23)cc1. The minimum atomic E-state index is -0.614. The van der Waals surface area contributed by atoms with Gasteiger partial charge >= 0.3 is 0 Å². The number of nitriles is 1. The van der Waals surface area contributed by atoms with Gasteiger partial charge < -0.3 is 9.84 Å². The molecule has 2 aromatic carbocycles. The average molecular weight is 410 g/mol. The van der Waals surface area contributed by atoms with Crippen molar-refractivity contribution in [2.45, 2.75) is 6.23 Å². The molecule has 31 heavy (non-hydrogen) atoms. The van der Waals surface area contributed by atoms with Gasteiger partial charge in [0.25, 0.3) is 0 Å². The summed E-state index contributed by atoms with van der Waals surface area (Å²) in [6, 6.07) is 21.8. The molecule has 6 heteroatoms. The number of nitrogens with zero attached hydrogens (tertiary/aromatic N) is 4. The molecule has 5 rings (SSSR count). The number of ether oxygens (including phenoxy) is 1. The zero-order valence-corrected chi connectivity index (χ0v) is 17.0. The van der Waals surface area contributed by atoms with E-state index in [1.54, 1.807) is 0 Å². The summed E-state index contributed by atoms with van der Waals surface area (Å²) in [6.45, 7) is 2.78. The predicted molar refractivity (Wildman–Crippen MR) is 118 cm³/mol. The van der Waals surface area contributed by atoms with Crippen LogP contribution >= 0.6 is 0 Å². The van der Waals surface area contributed by atoms with Crippen molar-refractivity contribution >= 4 is 5.65 Å². The van der Waals surface area contributed by atoms with Gasteiger partial charge in [-0.05, 0) is 41.0 Å². The standard InChI is InChI=1S/C25H22N4O2/c26-15-18-1-3-20(4-2-18)23-16-27-24-10-9-22(17-29(23)24)19-5-7-21(8-6-19)25(30)28-11-13-31-14-12-28/h1-10,16-17,25,30H,11-14H2. The number of pyridine rings is 1. The van der Waals surface area contributed by atoms with Crippen LogP contribution in [-0.4, -0.2) is 45.7 Å². The highest BCUT2D eigenvalue weighted by Crippen LogP contribution is 2.27. The van der Waals surface area contributed by atoms with E-state index in [9.17, 15) is 5.11 Å². The van der Waals surface area contributed by atoms with Crippen LogP contribution in [0.3, 0.4) is 0 Å². The van der Waals surface area contributed by atoms with Crippen LogP contribution in [0.2, 0.25) is 0 Å². The topological polar surface area (TPSA) is 73.8 Å². The molecule has 4 aromatic rings. The first kappa shape index (κ1) is 19.5. The molecule has 0 radical (unpaired) electrons. The molecule has 154 valence electrons. The van der Waals surface area contributed by atoms with Gasteiger partial charge in [0, 0.05) is 24.8 Å². The fourth-order valence-electron chi connectivity index (χ4n) is 3.96. The number of aliphatic hydroxyl groups is 1. The Morgan fingerprint density at radius 2 is 1.58 bits per heavy atom. The molecule has 0 spiro atoms. The van der Waals surface area contributed by atoms with Gasteiger partial charge in [-0.25, -0.2) is 4.98 Å². The molecular formula is C25H22N4O2. The average Bonchev–Trinajstić information content (AvgIpc) is 3.27. The van der Waals surface area contributed by atoms with Gasteiger partial charge in [-0.15, -0.1) is 0 Å². The quantitative estimate of drug-likeness (QED) is 0.553. The summed E-state index contributed by atoms with van der Waals surface area (Å²) in [5.74, 6) is 0. The summed E-state index contributed by atoms with van der Waals surface area (Å²) in [7, 11) is 0. The lowest BCUT2D eigenvalue weighted by Crippen LogP contribution is -2.38. The molecule has 1 fully saturated rings. The number of aromatic nitrogens is 2. The van der Waals surface area contributed by atoms with Gasteiger partial charge in [0.15, 0.2) is 0 Å². The Balaban J connectivity index is 1.44. The minimum absolute atomic E-state index is 0.614. The molecule has 6 nitrogen and oxygen atoms in total. The lowest BCUT2D eigenvalue weighted by molar-refractivity contribution is -0.0603. The van der Waals surface area contributed by atoms with E-state index in [1.807, 2.05) is 65.7 Å². The van der Waals surface area contributed by atoms with Gasteiger partial charge in [-0.3, -0.25) is 9.30 Å². The highest BCUT2D eigenvalue weighted by Gasteiger charge is 2.20. The van der Waals surface area contributed by atoms with Crippen LogP contribution in [0.4, 0.5) is 0 Å². The third-order valence-corrected chi connectivity index (χ3v) is 5.75. The normalized spacial score (nSPS) is 15.6. The van der Waals surface area contributed by atoms with Gasteiger partial charge in [-0.2, -0.15) is 5.26 Å². The summed E-state index contributed by atoms with van der Waals surface area (Å²) in [5, 5.41) is 19.7. The van der Waals surface area contributed by atoms with E-state index >= 15 is 0 Å². The Labute approximate surface area is 180 Å². The molecule has 0 bridgehead atoms. The molecule has 1 saturated heterocycles. The molecular weight excluding hydrogens is 388 g/mol. The Hall–Kier alpha value is -3.50. The van der Waals surface area contributed by atoms with Crippen molar-refractivity contribution in [1.82, 2.24) is 14.3 Å². The van der Waals surface area contributed by atoms with E-state index in [0.29, 0.717) is 18.8 Å². The molecule has 1 unspecified atom stereocenters. The molecule has 2 aromatic heterocycles. The lowest BCUT2D eigenvalue weighted by Gasteiger charge is -2.31. The number of hydrogen-bond donors (Lipinski definition) is 1. The first-order valence-corrected chi connectivity index (χ1v) is 10.3. The fraction of sp³-hybridized carbons (Fsp3) is 0.200. The van der Waals surface area contributed by atoms with E-state index in [0.717, 1.165) is 46.7 Å². The van der Waals surface area contributed by atoms with Crippen molar-refractivity contribution in [1.29, 1.82) is 5.26 Å². The van der Waals surface area contributed by atoms with E-state index in [-0.39, 0.29) is 0 Å². The summed E-state index contributed by atoms with van der Waals surface area (Å²) >= 11 is 0. The Morgan fingerprint density at radius 3 is 2.29 bits per heavy atom. The highest BCUT2D eigenvalue weighted by atomic mass is 16.5. The van der Waals surface area contributed by atoms with Crippen molar-refractivity contribution in [3.63, 3.8) is 0 Å². The van der Waals surface area contributed by atoms with Crippen molar-refractivity contribution in [3.8, 4) is 28.5 Å². The van der Waals surface area contributed by atoms with Crippen LogP contribution in [0.5, 0.6) is 0 Å². The molecule has 1 N–H and O–H groups in total. The van der Waals surface area contributed by atoms with E-state index in [2.05, 4.69) is 27.7 Å². The number of hydrogen-bond acceptors (Lipinski definition) is 5. The maximum Gasteiger partial charge on any atom is 0.137 e. The first-order valence-electron chi connectivity index (χ1n) is 10.3. The second-order valence-electron chi connectivity index (χ2n) is 7.62. The van der Waals surface area contributed by atoms with Gasteiger partial charge in [0.2, 0.25) is 0 Å². The number of imidazole rings is 1. The monoisotopic (exact) mass is 410 g/mol. The third-order valence-electron chi connectivity index (χ3n) is 5.75. The summed E-state index contributed by atoms with van der Waals surface area (Å²) in [6.07, 6.45) is 3.31. The van der Waals surface area contributed by atoms with Crippen molar-refractivity contribution in [2.75, 3.05) is 26.3 Å². The van der Waals surface area contributed by atoms with Crippen LogP contribution in [-0.2, 0) is 4.74 Å². The van der Waals surface area contributed by atoms with Gasteiger partial charge in [0.1, 0.15) is 11.9 Å². The van der Waals surface area contributed by atoms with Gasteiger partial charge in [-0.1, -0.05) is 36.4 Å². The second kappa shape index (κ2) is 8.32. The number of morpholine rings is 1. The zero-order valence-electron chi connectivity index (χ0n) is 17.0. The van der Waals surface area contributed by atoms with E-state index in [4.69, 9.17) is 10.00 Å². The van der Waals surface area contributed by atoms with E-state index < -0.39 is 6.23 Å². The Bertz CT molecular complexity index is 1230. The molecule has 0 aliphatic carbocycles. The molecule has 1 aliphatic rings. The minimum Gasteiger partial charge on any atom is -0.379 e. The number of benzene rings is 2. The van der Waals surface area contributed by atoms with Crippen molar-refractivity contribution in [2.24, 2.45) is 0 Å². The maximum atomic E-state index is 10.7. The maximum absolute atomic E-state index is 10.7. The number of aliphatic hydroxyl groups excluding tert-OH is 1. The van der Waals surface area contributed by atoms with Crippen molar-refractivity contribution in [3.05, 3.63) is 84.2 Å². The highest BCUT2D eigenvalue weighted by molar-refractivity contribution is 5.69. The number of rotatable bonds is 4. The van der Waals surface area contributed by atoms with Crippen LogP contribution in [0.15, 0.2) is 73.1 Å². The second-order valence-corrected chi connectivity index (χ2v) is 7.62. The van der Waals surface area contributed by atoms with Gasteiger partial charge in [0.05, 0.1) is 36.7 Å². The van der Waals surface area contributed by atoms with Crippen LogP contribution in [0, 0.1) is 11.3 Å². The van der Waals surface area contributed by atoms with Crippen molar-refractivity contribution < 1.29 is 9.84 Å². The fourth-order valence-corrected chi connectivity index (χ4v) is 3.96. The molecule has 1 atom stereocenters. The lowest BCUT2D eigenvalue weighted by atomic mass is 10.0. The van der Waals surface area contributed by atoms with Crippen LogP contribution in [0.25, 0.3) is 28.0 Å². The Kier molecular flexibility index (Phi) is 5.23. The van der Waals surface area contributed by atoms with E-state index in [1.165, 1.54) is 0 Å². The molecule has 1 aliphatic heterocycles. The van der Waals surface area contributed by atoms with Crippen LogP contribution in [0.1, 0.15) is 17.4 Å². The predicted octanol–water partition coefficient (Wildman–Crippen LogP) is 3.86. The smallest absolute Gasteiger partial charge is 0.137 e. The summed E-state index contributed by atoms with van der Waals surface area (Å²) < 4.78 is 7.43. The van der Waals surface area contributed by atoms with Crippen LogP contribution < -0.4 is 0 Å². The molecule has 0 saturated carbocycles. The summed E-state index contributed by atoms with van der Waals surface area (Å²) in [4.78, 5) is 6.54. The molecule has 3 heterocycles. The molecule has 0 amide bonds. The third kappa shape index (κ3) is 3.82. The first-order chi connectivity index (χ1) is 15.2. The zero-order chi connectivity index (χ0) is 21.2. The number of fused-ring (bicyclic) bond motifs is 1. The Morgan fingerprint density at radius 1 is 0.903 bits per heavy atom. The largest absolute Gasteiger partial charge is 0.379 e.